The van der Waals surface area contributed by atoms with Crippen LogP contribution in [-0.2, 0) is 24.7 Å². The predicted molar refractivity (Wildman–Crippen MR) is 84.4 cm³/mol. The van der Waals surface area contributed by atoms with Gasteiger partial charge in [0, 0.05) is 19.9 Å². The molecule has 0 atom stereocenters. The number of carbonyl (C=O) groups excluding carboxylic acids is 1. The lowest BCUT2D eigenvalue weighted by Gasteiger charge is -2.02. The van der Waals surface area contributed by atoms with Crippen molar-refractivity contribution in [1.82, 2.24) is 24.7 Å². The van der Waals surface area contributed by atoms with Gasteiger partial charge in [0.25, 0.3) is 0 Å². The number of aromatic nitrogens is 5. The Morgan fingerprint density at radius 2 is 2.14 bits per heavy atom. The molecule has 0 aliphatic carbocycles. The average Bonchev–Trinajstić information content (AvgIpc) is 3.06. The molecule has 0 saturated carbocycles. The third-order valence-electron chi connectivity index (χ3n) is 3.29. The maximum absolute atomic E-state index is 10.8. The quantitative estimate of drug-likeness (QED) is 0.662. The molecule has 22 heavy (non-hydrogen) atoms. The number of aromatic amines is 1. The summed E-state index contributed by atoms with van der Waals surface area (Å²) in [6.45, 7) is 0. The Labute approximate surface area is 131 Å². The van der Waals surface area contributed by atoms with Crippen LogP contribution in [-0.4, -0.2) is 36.4 Å². The van der Waals surface area contributed by atoms with Gasteiger partial charge >= 0.3 is 0 Å². The first-order valence-electron chi connectivity index (χ1n) is 6.86. The number of nitrogens with one attached hydrogen (secondary N) is 1. The van der Waals surface area contributed by atoms with E-state index in [0.29, 0.717) is 5.16 Å². The molecule has 8 heteroatoms. The van der Waals surface area contributed by atoms with Crippen LogP contribution in [0.15, 0.2) is 29.4 Å². The topological polar surface area (TPSA) is 102 Å². The van der Waals surface area contributed by atoms with Crippen molar-refractivity contribution in [2.45, 2.75) is 18.0 Å². The van der Waals surface area contributed by atoms with E-state index in [2.05, 4.69) is 20.2 Å². The van der Waals surface area contributed by atoms with Crippen LogP contribution in [0.25, 0.3) is 11.0 Å². The number of para-hydroxylation sites is 2. The number of amides is 1. The van der Waals surface area contributed by atoms with Crippen molar-refractivity contribution in [1.29, 1.82) is 0 Å². The minimum Gasteiger partial charge on any atom is -0.369 e. The second kappa shape index (κ2) is 6.18. The third-order valence-corrected chi connectivity index (χ3v) is 4.34. The van der Waals surface area contributed by atoms with E-state index in [9.17, 15) is 4.79 Å². The molecule has 2 heterocycles. The third kappa shape index (κ3) is 3.11. The van der Waals surface area contributed by atoms with Crippen molar-refractivity contribution < 1.29 is 4.79 Å². The fourth-order valence-corrected chi connectivity index (χ4v) is 2.85. The van der Waals surface area contributed by atoms with Gasteiger partial charge in [0.2, 0.25) is 5.91 Å². The first kappa shape index (κ1) is 14.6. The van der Waals surface area contributed by atoms with Gasteiger partial charge in [-0.05, 0) is 12.1 Å². The maximum Gasteiger partial charge on any atom is 0.227 e. The molecule has 0 aliphatic rings. The number of imidazole rings is 1. The molecule has 0 bridgehead atoms. The highest BCUT2D eigenvalue weighted by Gasteiger charge is 2.11. The summed E-state index contributed by atoms with van der Waals surface area (Å²) in [6, 6.07) is 7.94. The summed E-state index contributed by atoms with van der Waals surface area (Å²) in [6.07, 6.45) is 1.47. The van der Waals surface area contributed by atoms with Crippen LogP contribution in [0.3, 0.4) is 0 Å². The van der Waals surface area contributed by atoms with Gasteiger partial charge in [-0.3, -0.25) is 4.79 Å². The number of H-pyrrole nitrogens is 1. The van der Waals surface area contributed by atoms with Crippen LogP contribution in [0.2, 0.25) is 0 Å². The van der Waals surface area contributed by atoms with Crippen LogP contribution in [0.5, 0.6) is 0 Å². The maximum atomic E-state index is 10.8. The highest BCUT2D eigenvalue weighted by molar-refractivity contribution is 7.99. The highest BCUT2D eigenvalue weighted by atomic mass is 32.2. The number of hydrogen-bond donors (Lipinski definition) is 2. The Morgan fingerprint density at radius 1 is 1.32 bits per heavy atom. The second-order valence-electron chi connectivity index (χ2n) is 4.91. The zero-order chi connectivity index (χ0) is 15.5. The number of nitrogens with zero attached hydrogens (tertiary/aromatic N) is 4. The van der Waals surface area contributed by atoms with Crippen LogP contribution in [0.4, 0.5) is 0 Å². The number of carbonyl (C=O) groups is 1. The monoisotopic (exact) mass is 316 g/mol. The smallest absolute Gasteiger partial charge is 0.227 e. The molecule has 0 unspecified atom stereocenters. The van der Waals surface area contributed by atoms with Crippen molar-refractivity contribution in [3.8, 4) is 0 Å². The molecule has 0 aliphatic heterocycles. The van der Waals surface area contributed by atoms with Crippen LogP contribution in [0, 0.1) is 0 Å². The summed E-state index contributed by atoms with van der Waals surface area (Å²) in [5, 5.41) is 8.93. The van der Waals surface area contributed by atoms with Crippen LogP contribution < -0.4 is 5.73 Å². The van der Waals surface area contributed by atoms with E-state index in [4.69, 9.17) is 5.73 Å². The van der Waals surface area contributed by atoms with E-state index < -0.39 is 0 Å². The molecule has 2 aromatic heterocycles. The van der Waals surface area contributed by atoms with E-state index in [0.717, 1.165) is 35.5 Å². The van der Waals surface area contributed by atoms with Crippen molar-refractivity contribution in [2.75, 3.05) is 5.75 Å². The largest absolute Gasteiger partial charge is 0.369 e. The van der Waals surface area contributed by atoms with Gasteiger partial charge in [0.05, 0.1) is 16.8 Å². The van der Waals surface area contributed by atoms with E-state index in [1.807, 2.05) is 35.9 Å². The Hall–Kier alpha value is -2.35. The van der Waals surface area contributed by atoms with Gasteiger partial charge < -0.3 is 15.3 Å². The Kier molecular flexibility index (Phi) is 4.10. The zero-order valence-corrected chi connectivity index (χ0v) is 12.9. The molecule has 3 rings (SSSR count). The number of primary amides is 1. The lowest BCUT2D eigenvalue weighted by Crippen LogP contribution is -2.13. The first-order valence-corrected chi connectivity index (χ1v) is 7.85. The molecular formula is C14H16N6OS. The molecule has 1 aromatic carbocycles. The summed E-state index contributed by atoms with van der Waals surface area (Å²) in [7, 11) is 1.89. The average molecular weight is 316 g/mol. The summed E-state index contributed by atoms with van der Waals surface area (Å²) < 4.78 is 1.89. The van der Waals surface area contributed by atoms with E-state index in [-0.39, 0.29) is 11.7 Å². The number of nitrogens with two attached hydrogens (primary N) is 1. The van der Waals surface area contributed by atoms with Gasteiger partial charge in [-0.1, -0.05) is 23.9 Å². The minimum atomic E-state index is -0.364. The summed E-state index contributed by atoms with van der Waals surface area (Å²) >= 11 is 1.29. The lowest BCUT2D eigenvalue weighted by molar-refractivity contribution is -0.115. The van der Waals surface area contributed by atoms with Gasteiger partial charge in [-0.25, -0.2) is 4.98 Å². The van der Waals surface area contributed by atoms with Crippen LogP contribution >= 0.6 is 11.8 Å². The van der Waals surface area contributed by atoms with E-state index in [1.54, 1.807) is 0 Å². The first-order chi connectivity index (χ1) is 10.6. The molecule has 0 radical (unpaired) electrons. The Morgan fingerprint density at radius 3 is 2.91 bits per heavy atom. The van der Waals surface area contributed by atoms with Crippen LogP contribution in [0.1, 0.15) is 11.6 Å². The lowest BCUT2D eigenvalue weighted by atomic mass is 10.3. The molecular weight excluding hydrogens is 300 g/mol. The van der Waals surface area contributed by atoms with E-state index >= 15 is 0 Å². The second-order valence-corrected chi connectivity index (χ2v) is 5.86. The molecule has 0 spiro atoms. The zero-order valence-electron chi connectivity index (χ0n) is 12.1. The molecule has 1 amide bonds. The van der Waals surface area contributed by atoms with Gasteiger partial charge in [0.1, 0.15) is 11.6 Å². The minimum absolute atomic E-state index is 0.204. The number of aryl methyl sites for hydroxylation is 2. The van der Waals surface area contributed by atoms with Gasteiger partial charge in [-0.2, -0.15) is 0 Å². The molecule has 7 nitrogen and oxygen atoms in total. The number of benzene rings is 1. The molecule has 3 N–H and O–H groups in total. The van der Waals surface area contributed by atoms with Gasteiger partial charge in [-0.15, -0.1) is 10.2 Å². The van der Waals surface area contributed by atoms with Gasteiger partial charge in [0.15, 0.2) is 5.16 Å². The van der Waals surface area contributed by atoms with E-state index in [1.165, 1.54) is 11.8 Å². The molecule has 114 valence electrons. The highest BCUT2D eigenvalue weighted by Crippen LogP contribution is 2.16. The Bertz CT molecular complexity index is 776. The fourth-order valence-electron chi connectivity index (χ4n) is 2.18. The number of fused-ring (bicyclic) bond motifs is 1. The molecule has 3 aromatic rings. The standard InChI is InChI=1S/C14H16N6OS/c1-20-13(18-19-14(20)22-8-11(15)21)7-6-12-16-9-4-2-3-5-10(9)17-12/h2-5H,6-8H2,1H3,(H2,15,21)(H,16,17). The van der Waals surface area contributed by atoms with Crippen molar-refractivity contribution >= 4 is 28.7 Å². The summed E-state index contributed by atoms with van der Waals surface area (Å²) in [5.41, 5.74) is 7.14. The normalized spacial score (nSPS) is 11.1. The fraction of sp³-hybridized carbons (Fsp3) is 0.286. The summed E-state index contributed by atoms with van der Waals surface area (Å²) in [4.78, 5) is 18.7. The molecule has 0 fully saturated rings. The summed E-state index contributed by atoms with van der Waals surface area (Å²) in [5.74, 6) is 1.62. The Balaban J connectivity index is 1.67. The van der Waals surface area contributed by atoms with Crippen molar-refractivity contribution in [3.05, 3.63) is 35.9 Å². The number of thioether (sulfide) groups is 1. The molecule has 0 saturated heterocycles. The van der Waals surface area contributed by atoms with Crippen molar-refractivity contribution in [3.63, 3.8) is 0 Å². The number of hydrogen-bond acceptors (Lipinski definition) is 5. The number of rotatable bonds is 6. The SMILES string of the molecule is Cn1c(CCc2nc3ccccc3[nH]2)nnc1SCC(N)=O. The predicted octanol–water partition coefficient (Wildman–Crippen LogP) is 1.05. The van der Waals surface area contributed by atoms with Crippen molar-refractivity contribution in [2.24, 2.45) is 12.8 Å².